The Kier molecular flexibility index (Phi) is 5.79. The van der Waals surface area contributed by atoms with Crippen LogP contribution in [0.3, 0.4) is 0 Å². The average molecular weight is 483 g/mol. The Morgan fingerprint density at radius 1 is 1.14 bits per heavy atom. The number of rotatable bonds is 4. The van der Waals surface area contributed by atoms with Crippen LogP contribution < -0.4 is 16.4 Å². The van der Waals surface area contributed by atoms with Gasteiger partial charge in [0.1, 0.15) is 29.4 Å². The van der Waals surface area contributed by atoms with E-state index in [1.807, 2.05) is 11.4 Å². The molecule has 0 bridgehead atoms. The van der Waals surface area contributed by atoms with Crippen molar-refractivity contribution in [2.75, 3.05) is 16.4 Å². The predicted octanol–water partition coefficient (Wildman–Crippen LogP) is 4.46. The molecule has 0 fully saturated rings. The van der Waals surface area contributed by atoms with Gasteiger partial charge in [-0.3, -0.25) is 4.79 Å². The summed E-state index contributed by atoms with van der Waals surface area (Å²) in [6, 6.07) is 8.51. The van der Waals surface area contributed by atoms with Gasteiger partial charge < -0.3 is 16.4 Å². The van der Waals surface area contributed by atoms with Gasteiger partial charge >= 0.3 is 12.2 Å². The minimum Gasteiger partial charge on any atom is -0.382 e. The molecule has 9 nitrogen and oxygen atoms in total. The SMILES string of the molecule is N#Cc1c(-c2ccc(NC(=O)Nc3cc(C(F)(F)F)ccc3F)cc2)c2c(N)ncnn2c1C=O. The molecule has 0 radical (unpaired) electrons. The first-order valence-corrected chi connectivity index (χ1v) is 9.69. The third kappa shape index (κ3) is 4.32. The van der Waals surface area contributed by atoms with E-state index in [2.05, 4.69) is 15.4 Å². The second-order valence-electron chi connectivity index (χ2n) is 7.12. The third-order valence-electron chi connectivity index (χ3n) is 4.99. The lowest BCUT2D eigenvalue weighted by atomic mass is 10.0. The summed E-state index contributed by atoms with van der Waals surface area (Å²) in [4.78, 5) is 27.7. The van der Waals surface area contributed by atoms with Crippen LogP contribution in [0.25, 0.3) is 16.6 Å². The summed E-state index contributed by atoms with van der Waals surface area (Å²) in [5, 5.41) is 18.0. The van der Waals surface area contributed by atoms with Crippen LogP contribution in [0, 0.1) is 17.1 Å². The number of carbonyl (C=O) groups is 2. The number of nitrogens with zero attached hydrogens (tertiary/aromatic N) is 4. The van der Waals surface area contributed by atoms with Gasteiger partial charge in [-0.1, -0.05) is 12.1 Å². The van der Waals surface area contributed by atoms with Crippen molar-refractivity contribution < 1.29 is 27.2 Å². The van der Waals surface area contributed by atoms with Crippen LogP contribution in [0.1, 0.15) is 21.6 Å². The van der Waals surface area contributed by atoms with Crippen LogP contribution >= 0.6 is 0 Å². The van der Waals surface area contributed by atoms with Gasteiger partial charge in [-0.05, 0) is 35.9 Å². The van der Waals surface area contributed by atoms with Crippen molar-refractivity contribution in [2.45, 2.75) is 6.18 Å². The summed E-state index contributed by atoms with van der Waals surface area (Å²) in [5.41, 5.74) is 5.37. The maximum atomic E-state index is 13.9. The summed E-state index contributed by atoms with van der Waals surface area (Å²) in [7, 11) is 0. The van der Waals surface area contributed by atoms with Gasteiger partial charge in [0, 0.05) is 11.3 Å². The van der Waals surface area contributed by atoms with Gasteiger partial charge in [0.05, 0.1) is 16.8 Å². The Balaban J connectivity index is 1.61. The maximum Gasteiger partial charge on any atom is 0.416 e. The minimum atomic E-state index is -4.71. The molecule has 2 amide bonds. The Morgan fingerprint density at radius 2 is 1.86 bits per heavy atom. The van der Waals surface area contributed by atoms with Gasteiger partial charge in [0.25, 0.3) is 0 Å². The minimum absolute atomic E-state index is 0.0173. The lowest BCUT2D eigenvalue weighted by Crippen LogP contribution is -2.20. The van der Waals surface area contributed by atoms with Crippen molar-refractivity contribution in [1.82, 2.24) is 14.6 Å². The molecular weight excluding hydrogens is 470 g/mol. The lowest BCUT2D eigenvalue weighted by molar-refractivity contribution is -0.137. The molecule has 0 aliphatic heterocycles. The zero-order valence-electron chi connectivity index (χ0n) is 17.4. The zero-order chi connectivity index (χ0) is 25.3. The molecule has 0 aliphatic carbocycles. The molecule has 13 heteroatoms. The highest BCUT2D eigenvalue weighted by Crippen LogP contribution is 2.35. The number of fused-ring (bicyclic) bond motifs is 1. The fraction of sp³-hybridized carbons (Fsp3) is 0.0455. The second kappa shape index (κ2) is 8.75. The number of nitrogens with one attached hydrogen (secondary N) is 2. The van der Waals surface area contributed by atoms with Crippen molar-refractivity contribution >= 4 is 35.0 Å². The molecule has 2 aromatic heterocycles. The summed E-state index contributed by atoms with van der Waals surface area (Å²) >= 11 is 0. The van der Waals surface area contributed by atoms with Crippen LogP contribution in [0.4, 0.5) is 39.5 Å². The third-order valence-corrected chi connectivity index (χ3v) is 4.99. The Labute approximate surface area is 193 Å². The zero-order valence-corrected chi connectivity index (χ0v) is 17.4. The largest absolute Gasteiger partial charge is 0.416 e. The molecule has 4 rings (SSSR count). The number of nitrogen functional groups attached to an aromatic ring is 1. The Bertz CT molecular complexity index is 1510. The maximum absolute atomic E-state index is 13.9. The topological polar surface area (TPSA) is 138 Å². The highest BCUT2D eigenvalue weighted by atomic mass is 19.4. The molecule has 0 saturated heterocycles. The van der Waals surface area contributed by atoms with Gasteiger partial charge in [-0.25, -0.2) is 18.7 Å². The summed E-state index contributed by atoms with van der Waals surface area (Å²) in [6.07, 6.45) is -3.10. The molecule has 0 atom stereocenters. The van der Waals surface area contributed by atoms with E-state index in [1.54, 1.807) is 0 Å². The molecule has 0 aliphatic rings. The predicted molar refractivity (Wildman–Crippen MR) is 117 cm³/mol. The summed E-state index contributed by atoms with van der Waals surface area (Å²) in [5.74, 6) is -1.01. The van der Waals surface area contributed by atoms with E-state index in [0.29, 0.717) is 35.6 Å². The van der Waals surface area contributed by atoms with Gasteiger partial charge in [-0.15, -0.1) is 0 Å². The number of nitriles is 1. The number of halogens is 4. The molecular formula is C22H13F4N7O2. The fourth-order valence-electron chi connectivity index (χ4n) is 3.44. The van der Waals surface area contributed by atoms with E-state index in [0.717, 1.165) is 6.33 Å². The van der Waals surface area contributed by atoms with Crippen LogP contribution in [0.5, 0.6) is 0 Å². The van der Waals surface area contributed by atoms with Crippen LogP contribution in [-0.4, -0.2) is 26.9 Å². The van der Waals surface area contributed by atoms with Crippen molar-refractivity contribution in [3.05, 3.63) is 71.4 Å². The number of carbonyl (C=O) groups excluding carboxylic acids is 2. The monoisotopic (exact) mass is 483 g/mol. The fourth-order valence-corrected chi connectivity index (χ4v) is 3.44. The number of anilines is 3. The van der Waals surface area contributed by atoms with Crippen LogP contribution in [0.2, 0.25) is 0 Å². The number of urea groups is 1. The highest BCUT2D eigenvalue weighted by molar-refractivity contribution is 6.01. The van der Waals surface area contributed by atoms with Crippen LogP contribution in [0.15, 0.2) is 48.8 Å². The van der Waals surface area contributed by atoms with E-state index >= 15 is 0 Å². The standard InChI is InChI=1S/C22H13F4N7O2/c23-15-6-3-12(22(24,25)26)7-16(15)32-21(35)31-13-4-1-11(2-5-13)18-14(8-27)17(9-34)33-19(18)20(28)29-10-30-33/h1-7,9-10H,(H2,28,29,30)(H2,31,32,35). The van der Waals surface area contributed by atoms with Crippen molar-refractivity contribution in [3.8, 4) is 17.2 Å². The molecule has 2 heterocycles. The van der Waals surface area contributed by atoms with Gasteiger partial charge in [-0.2, -0.15) is 23.5 Å². The van der Waals surface area contributed by atoms with Crippen molar-refractivity contribution in [2.24, 2.45) is 0 Å². The number of benzene rings is 2. The number of nitrogens with two attached hydrogens (primary N) is 1. The second-order valence-corrected chi connectivity index (χ2v) is 7.12. The molecule has 0 saturated carbocycles. The summed E-state index contributed by atoms with van der Waals surface area (Å²) < 4.78 is 53.6. The van der Waals surface area contributed by atoms with Crippen molar-refractivity contribution in [1.29, 1.82) is 5.26 Å². The van der Waals surface area contributed by atoms with Gasteiger partial charge in [0.2, 0.25) is 0 Å². The van der Waals surface area contributed by atoms with E-state index in [1.165, 1.54) is 28.8 Å². The molecule has 4 N–H and O–H groups in total. The van der Waals surface area contributed by atoms with E-state index < -0.39 is 29.3 Å². The lowest BCUT2D eigenvalue weighted by Gasteiger charge is -2.12. The molecule has 4 aromatic rings. The van der Waals surface area contributed by atoms with E-state index in [4.69, 9.17) is 5.73 Å². The first-order chi connectivity index (χ1) is 16.6. The first kappa shape index (κ1) is 23.2. The number of amides is 2. The number of hydrogen-bond acceptors (Lipinski definition) is 6. The average Bonchev–Trinajstić information content (AvgIpc) is 3.15. The first-order valence-electron chi connectivity index (χ1n) is 9.69. The molecule has 35 heavy (non-hydrogen) atoms. The quantitative estimate of drug-likeness (QED) is 0.289. The number of hydrogen-bond donors (Lipinski definition) is 3. The normalized spacial score (nSPS) is 11.2. The Morgan fingerprint density at radius 3 is 2.49 bits per heavy atom. The number of aromatic nitrogens is 3. The molecule has 0 spiro atoms. The summed E-state index contributed by atoms with van der Waals surface area (Å²) in [6.45, 7) is 0. The Hall–Kier alpha value is -4.99. The van der Waals surface area contributed by atoms with Crippen LogP contribution in [-0.2, 0) is 6.18 Å². The van der Waals surface area contributed by atoms with E-state index in [-0.39, 0.29) is 28.3 Å². The van der Waals surface area contributed by atoms with Crippen molar-refractivity contribution in [3.63, 3.8) is 0 Å². The molecule has 176 valence electrons. The number of aldehydes is 1. The van der Waals surface area contributed by atoms with E-state index in [9.17, 15) is 32.4 Å². The van der Waals surface area contributed by atoms with Gasteiger partial charge in [0.15, 0.2) is 12.1 Å². The smallest absolute Gasteiger partial charge is 0.382 e. The molecule has 2 aromatic carbocycles. The number of alkyl halides is 3. The molecule has 0 unspecified atom stereocenters. The highest BCUT2D eigenvalue weighted by Gasteiger charge is 2.31.